The summed E-state index contributed by atoms with van der Waals surface area (Å²) in [5, 5.41) is 13.5. The van der Waals surface area contributed by atoms with E-state index in [0.29, 0.717) is 29.2 Å². The first-order valence-corrected chi connectivity index (χ1v) is 12.9. The van der Waals surface area contributed by atoms with Gasteiger partial charge >= 0.3 is 0 Å². The summed E-state index contributed by atoms with van der Waals surface area (Å²) < 4.78 is 64.6. The molecule has 0 radical (unpaired) electrons. The van der Waals surface area contributed by atoms with Gasteiger partial charge in [0.2, 0.25) is 21.8 Å². The van der Waals surface area contributed by atoms with Gasteiger partial charge in [-0.2, -0.15) is 10.1 Å². The van der Waals surface area contributed by atoms with E-state index in [1.54, 1.807) is 0 Å². The Morgan fingerprint density at radius 1 is 1.14 bits per heavy atom. The Kier molecular flexibility index (Phi) is 6.16. The quantitative estimate of drug-likeness (QED) is 0.404. The number of rotatable bonds is 6. The van der Waals surface area contributed by atoms with Gasteiger partial charge in [0.1, 0.15) is 34.2 Å². The summed E-state index contributed by atoms with van der Waals surface area (Å²) in [7, 11) is -4.44. The van der Waals surface area contributed by atoms with Crippen LogP contribution in [0.4, 0.5) is 8.78 Å². The lowest BCUT2D eigenvalue weighted by molar-refractivity contribution is 0.135. The Morgan fingerprint density at radius 2 is 1.89 bits per heavy atom. The molecule has 190 valence electrons. The van der Waals surface area contributed by atoms with E-state index >= 15 is 0 Å². The lowest BCUT2D eigenvalue weighted by Gasteiger charge is -2.26. The third-order valence-corrected chi connectivity index (χ3v) is 7.07. The number of benzene rings is 1. The summed E-state index contributed by atoms with van der Waals surface area (Å²) in [5.41, 5.74) is -0.164. The Morgan fingerprint density at radius 3 is 2.56 bits per heavy atom. The number of nitrogens with two attached hydrogens (primary N) is 1. The van der Waals surface area contributed by atoms with Crippen LogP contribution >= 0.6 is 0 Å². The molecule has 1 fully saturated rings. The fourth-order valence-electron chi connectivity index (χ4n) is 4.22. The van der Waals surface area contributed by atoms with Crippen LogP contribution in [0.1, 0.15) is 63.1 Å². The van der Waals surface area contributed by atoms with Crippen LogP contribution in [0, 0.1) is 11.6 Å². The summed E-state index contributed by atoms with van der Waals surface area (Å²) in [6.07, 6.45) is 5.57. The Hall–Kier alpha value is -3.52. The Bertz CT molecular complexity index is 1530. The molecule has 0 amide bonds. The second-order valence-electron chi connectivity index (χ2n) is 8.99. The second-order valence-corrected chi connectivity index (χ2v) is 10.5. The number of halogens is 2. The Labute approximate surface area is 204 Å². The fraction of sp³-hybridized carbons (Fsp3) is 0.409. The van der Waals surface area contributed by atoms with Gasteiger partial charge in [-0.25, -0.2) is 37.0 Å². The maximum atomic E-state index is 14.7. The van der Waals surface area contributed by atoms with Gasteiger partial charge in [-0.1, -0.05) is 19.0 Å². The number of sulfonamides is 1. The molecule has 0 unspecified atom stereocenters. The zero-order valence-electron chi connectivity index (χ0n) is 19.4. The number of ether oxygens (including phenoxy) is 1. The highest BCUT2D eigenvalue weighted by atomic mass is 32.2. The number of aromatic nitrogens is 6. The molecular weight excluding hydrogens is 496 g/mol. The van der Waals surface area contributed by atoms with Crippen molar-refractivity contribution in [2.24, 2.45) is 5.14 Å². The highest BCUT2D eigenvalue weighted by Gasteiger charge is 2.29. The van der Waals surface area contributed by atoms with Crippen LogP contribution in [0.25, 0.3) is 16.7 Å². The van der Waals surface area contributed by atoms with Crippen molar-refractivity contribution in [3.63, 3.8) is 0 Å². The largest absolute Gasteiger partial charge is 0.474 e. The number of fused-ring (bicyclic) bond motifs is 1. The topological polar surface area (TPSA) is 152 Å². The molecule has 0 saturated heterocycles. The molecule has 0 atom stereocenters. The normalized spacial score (nSPS) is 18.7. The van der Waals surface area contributed by atoms with Crippen molar-refractivity contribution in [3.8, 4) is 11.6 Å². The Balaban J connectivity index is 1.35. The van der Waals surface area contributed by atoms with E-state index in [-0.39, 0.29) is 35.2 Å². The standard InChI is InChI=1S/C22H23F2N7O4S/c1-11(2)19-29-21(35-30-19)12-3-5-13(6-4-12)34-22-14-9-28-31(20(14)26-10-27-22)17-7-16(24)18(8-15(17)23)36(25,32)33/h7-13H,3-6H2,1-2H3,(H2,25,32,33). The fourth-order valence-corrected chi connectivity index (χ4v) is 4.82. The van der Waals surface area contributed by atoms with Crippen LogP contribution in [-0.4, -0.2) is 44.4 Å². The van der Waals surface area contributed by atoms with Crippen LogP contribution in [0.3, 0.4) is 0 Å². The molecule has 11 nitrogen and oxygen atoms in total. The van der Waals surface area contributed by atoms with Crippen molar-refractivity contribution in [3.05, 3.63) is 48.0 Å². The van der Waals surface area contributed by atoms with Crippen molar-refractivity contribution >= 4 is 21.1 Å². The second kappa shape index (κ2) is 9.17. The van der Waals surface area contributed by atoms with Gasteiger partial charge in [0.25, 0.3) is 0 Å². The van der Waals surface area contributed by atoms with Crippen molar-refractivity contribution < 1.29 is 26.5 Å². The first kappa shape index (κ1) is 24.2. The van der Waals surface area contributed by atoms with Crippen molar-refractivity contribution in [2.75, 3.05) is 0 Å². The minimum absolute atomic E-state index is 0.126. The molecule has 4 aromatic rings. The van der Waals surface area contributed by atoms with Gasteiger partial charge in [0.05, 0.1) is 6.20 Å². The van der Waals surface area contributed by atoms with Gasteiger partial charge < -0.3 is 9.26 Å². The predicted octanol–water partition coefficient (Wildman–Crippen LogP) is 3.35. The molecule has 1 aliphatic carbocycles. The molecule has 5 rings (SSSR count). The zero-order valence-corrected chi connectivity index (χ0v) is 20.2. The SMILES string of the molecule is CC(C)c1noc(C2CCC(Oc3ncnc4c3cnn4-c3cc(F)c(S(N)(=O)=O)cc3F)CC2)n1. The third-order valence-electron chi connectivity index (χ3n) is 6.14. The van der Waals surface area contributed by atoms with E-state index in [1.165, 1.54) is 12.5 Å². The molecule has 1 aliphatic rings. The molecular formula is C22H23F2N7O4S. The van der Waals surface area contributed by atoms with Crippen LogP contribution in [0.5, 0.6) is 5.88 Å². The number of primary sulfonamides is 1. The molecule has 1 saturated carbocycles. The van der Waals surface area contributed by atoms with Crippen molar-refractivity contribution in [2.45, 2.75) is 62.4 Å². The number of hydrogen-bond acceptors (Lipinski definition) is 9. The first-order chi connectivity index (χ1) is 17.1. The molecule has 2 N–H and O–H groups in total. The summed E-state index contributed by atoms with van der Waals surface area (Å²) >= 11 is 0. The van der Waals surface area contributed by atoms with Gasteiger partial charge in [0, 0.05) is 17.9 Å². The maximum Gasteiger partial charge on any atom is 0.241 e. The third kappa shape index (κ3) is 4.53. The van der Waals surface area contributed by atoms with Crippen LogP contribution in [-0.2, 0) is 10.0 Å². The molecule has 0 aliphatic heterocycles. The molecule has 14 heteroatoms. The van der Waals surface area contributed by atoms with Gasteiger partial charge in [0.15, 0.2) is 17.3 Å². The highest BCUT2D eigenvalue weighted by Crippen LogP contribution is 2.35. The van der Waals surface area contributed by atoms with E-state index in [9.17, 15) is 17.2 Å². The highest BCUT2D eigenvalue weighted by molar-refractivity contribution is 7.89. The number of hydrogen-bond donors (Lipinski definition) is 1. The molecule has 0 bridgehead atoms. The smallest absolute Gasteiger partial charge is 0.241 e. The molecule has 1 aromatic carbocycles. The molecule has 3 aromatic heterocycles. The first-order valence-electron chi connectivity index (χ1n) is 11.3. The summed E-state index contributed by atoms with van der Waals surface area (Å²) in [4.78, 5) is 11.9. The monoisotopic (exact) mass is 519 g/mol. The number of nitrogens with zero attached hydrogens (tertiary/aromatic N) is 6. The zero-order chi connectivity index (χ0) is 25.6. The molecule has 36 heavy (non-hydrogen) atoms. The van der Waals surface area contributed by atoms with Crippen molar-refractivity contribution in [1.82, 2.24) is 29.9 Å². The van der Waals surface area contributed by atoms with E-state index < -0.39 is 26.6 Å². The minimum Gasteiger partial charge on any atom is -0.474 e. The lowest BCUT2D eigenvalue weighted by Crippen LogP contribution is -2.24. The van der Waals surface area contributed by atoms with E-state index in [4.69, 9.17) is 14.4 Å². The van der Waals surface area contributed by atoms with Gasteiger partial charge in [-0.3, -0.25) is 0 Å². The van der Waals surface area contributed by atoms with E-state index in [2.05, 4.69) is 25.2 Å². The average molecular weight is 520 g/mol. The summed E-state index contributed by atoms with van der Waals surface area (Å²) in [5.74, 6) is -0.286. The minimum atomic E-state index is -4.44. The van der Waals surface area contributed by atoms with Gasteiger partial charge in [-0.15, -0.1) is 0 Å². The molecule has 0 spiro atoms. The lowest BCUT2D eigenvalue weighted by atomic mass is 9.87. The van der Waals surface area contributed by atoms with Gasteiger partial charge in [-0.05, 0) is 31.7 Å². The average Bonchev–Trinajstić information content (AvgIpc) is 3.49. The van der Waals surface area contributed by atoms with Crippen LogP contribution in [0.2, 0.25) is 0 Å². The molecule has 3 heterocycles. The summed E-state index contributed by atoms with van der Waals surface area (Å²) in [6, 6.07) is 1.21. The predicted molar refractivity (Wildman–Crippen MR) is 122 cm³/mol. The maximum absolute atomic E-state index is 14.7. The summed E-state index contributed by atoms with van der Waals surface area (Å²) in [6.45, 7) is 4.02. The van der Waals surface area contributed by atoms with E-state index in [1.807, 2.05) is 13.8 Å². The van der Waals surface area contributed by atoms with E-state index in [0.717, 1.165) is 30.4 Å². The van der Waals surface area contributed by atoms with Crippen molar-refractivity contribution in [1.29, 1.82) is 0 Å². The van der Waals surface area contributed by atoms with Crippen LogP contribution in [0.15, 0.2) is 34.1 Å². The van der Waals surface area contributed by atoms with Crippen LogP contribution < -0.4 is 9.88 Å².